The van der Waals surface area contributed by atoms with E-state index in [0.717, 1.165) is 83.5 Å². The quantitative estimate of drug-likeness (QED) is 0.0261. The molecule has 0 spiro atoms. The summed E-state index contributed by atoms with van der Waals surface area (Å²) in [4.78, 5) is 37.9. The van der Waals surface area contributed by atoms with Crippen molar-refractivity contribution in [2.75, 3.05) is 13.2 Å². The van der Waals surface area contributed by atoms with E-state index in [0.29, 0.717) is 19.3 Å². The van der Waals surface area contributed by atoms with E-state index in [1.165, 1.54) is 244 Å². The molecule has 0 saturated carbocycles. The van der Waals surface area contributed by atoms with Crippen molar-refractivity contribution in [1.82, 2.24) is 0 Å². The minimum absolute atomic E-state index is 0.0715. The standard InChI is InChI=1S/C69H128O6/c1-4-7-10-13-15-17-19-21-23-25-27-29-31-32-33-34-35-36-38-39-41-43-45-47-49-51-53-56-59-62-68(71)74-65-66(64-73-67(70)61-58-55-12-9-6-3)75-69(72)63-60-57-54-52-50-48-46-44-42-40-37-30-28-26-24-22-20-18-16-14-11-8-5-2/h20,22,26,28,37,40,66H,4-19,21,23-25,27,29-36,38-39,41-65H2,1-3H3/b22-20-,28-26-,40-37-. The molecule has 0 N–H and O–H groups in total. The first kappa shape index (κ1) is 72.6. The van der Waals surface area contributed by atoms with Gasteiger partial charge in [0, 0.05) is 19.3 Å². The normalized spacial score (nSPS) is 12.2. The maximum atomic E-state index is 12.8. The van der Waals surface area contributed by atoms with Crippen molar-refractivity contribution >= 4 is 17.9 Å². The van der Waals surface area contributed by atoms with Crippen LogP contribution < -0.4 is 0 Å². The molecular formula is C69H128O6. The highest BCUT2D eigenvalue weighted by atomic mass is 16.6. The highest BCUT2D eigenvalue weighted by molar-refractivity contribution is 5.71. The van der Waals surface area contributed by atoms with Gasteiger partial charge in [-0.25, -0.2) is 0 Å². The third-order valence-electron chi connectivity index (χ3n) is 15.1. The molecule has 0 fully saturated rings. The minimum Gasteiger partial charge on any atom is -0.462 e. The smallest absolute Gasteiger partial charge is 0.306 e. The van der Waals surface area contributed by atoms with Crippen molar-refractivity contribution < 1.29 is 28.6 Å². The van der Waals surface area contributed by atoms with Crippen molar-refractivity contribution in [1.29, 1.82) is 0 Å². The summed E-state index contributed by atoms with van der Waals surface area (Å²) < 4.78 is 16.8. The number of carbonyl (C=O) groups is 3. The molecule has 0 aromatic heterocycles. The Morgan fingerprint density at radius 2 is 0.480 bits per heavy atom. The minimum atomic E-state index is -0.771. The summed E-state index contributed by atoms with van der Waals surface area (Å²) in [6.45, 7) is 6.60. The Hall–Kier alpha value is -2.37. The fourth-order valence-corrected chi connectivity index (χ4v) is 10.1. The number of allylic oxidation sites excluding steroid dienone is 6. The number of rotatable bonds is 62. The predicted octanol–water partition coefficient (Wildman–Crippen LogP) is 22.8. The summed E-state index contributed by atoms with van der Waals surface area (Å²) >= 11 is 0. The molecule has 6 heteroatoms. The molecule has 0 aliphatic rings. The number of hydrogen-bond acceptors (Lipinski definition) is 6. The molecule has 440 valence electrons. The topological polar surface area (TPSA) is 78.9 Å². The molecule has 0 aromatic carbocycles. The Morgan fingerprint density at radius 1 is 0.267 bits per heavy atom. The van der Waals surface area contributed by atoms with Gasteiger partial charge in [-0.2, -0.15) is 0 Å². The van der Waals surface area contributed by atoms with Gasteiger partial charge in [-0.05, 0) is 57.8 Å². The van der Waals surface area contributed by atoms with Crippen LogP contribution in [0.1, 0.15) is 367 Å². The van der Waals surface area contributed by atoms with Crippen molar-refractivity contribution in [2.24, 2.45) is 0 Å². The van der Waals surface area contributed by atoms with Crippen LogP contribution in [0.5, 0.6) is 0 Å². The third-order valence-corrected chi connectivity index (χ3v) is 15.1. The molecule has 75 heavy (non-hydrogen) atoms. The predicted molar refractivity (Wildman–Crippen MR) is 326 cm³/mol. The summed E-state index contributed by atoms with van der Waals surface area (Å²) in [5, 5.41) is 0. The monoisotopic (exact) mass is 1050 g/mol. The molecule has 6 nitrogen and oxygen atoms in total. The van der Waals surface area contributed by atoms with E-state index in [4.69, 9.17) is 14.2 Å². The van der Waals surface area contributed by atoms with Crippen LogP contribution in [0.3, 0.4) is 0 Å². The Bertz CT molecular complexity index is 1250. The van der Waals surface area contributed by atoms with Gasteiger partial charge in [0.25, 0.3) is 0 Å². The molecule has 0 bridgehead atoms. The first-order valence-corrected chi connectivity index (χ1v) is 33.5. The molecular weight excluding hydrogens is 925 g/mol. The lowest BCUT2D eigenvalue weighted by atomic mass is 10.0. The highest BCUT2D eigenvalue weighted by Gasteiger charge is 2.19. The zero-order chi connectivity index (χ0) is 54.3. The molecule has 0 heterocycles. The average molecular weight is 1050 g/mol. The Labute approximate surface area is 467 Å². The maximum absolute atomic E-state index is 12.8. The van der Waals surface area contributed by atoms with Crippen LogP contribution in [-0.2, 0) is 28.6 Å². The molecule has 0 aliphatic carbocycles. The fourth-order valence-electron chi connectivity index (χ4n) is 10.1. The summed E-state index contributed by atoms with van der Waals surface area (Å²) in [5.74, 6) is -0.872. The van der Waals surface area contributed by atoms with Crippen LogP contribution in [0.15, 0.2) is 36.5 Å². The number of unbranched alkanes of at least 4 members (excludes halogenated alkanes) is 45. The Morgan fingerprint density at radius 3 is 0.747 bits per heavy atom. The summed E-state index contributed by atoms with van der Waals surface area (Å²) in [7, 11) is 0. The fraction of sp³-hybridized carbons (Fsp3) is 0.870. The van der Waals surface area contributed by atoms with Crippen molar-refractivity contribution in [2.45, 2.75) is 374 Å². The number of ether oxygens (including phenoxy) is 3. The van der Waals surface area contributed by atoms with Crippen LogP contribution in [0, 0.1) is 0 Å². The van der Waals surface area contributed by atoms with Crippen LogP contribution >= 0.6 is 0 Å². The second kappa shape index (κ2) is 64.2. The lowest BCUT2D eigenvalue weighted by molar-refractivity contribution is -0.167. The number of hydrogen-bond donors (Lipinski definition) is 0. The van der Waals surface area contributed by atoms with Crippen LogP contribution in [0.2, 0.25) is 0 Å². The largest absolute Gasteiger partial charge is 0.462 e. The van der Waals surface area contributed by atoms with Gasteiger partial charge in [-0.15, -0.1) is 0 Å². The third kappa shape index (κ3) is 62.4. The molecule has 1 atom stereocenters. The van der Waals surface area contributed by atoms with Crippen molar-refractivity contribution in [3.05, 3.63) is 36.5 Å². The number of esters is 3. The molecule has 0 amide bonds. The molecule has 0 rings (SSSR count). The van der Waals surface area contributed by atoms with E-state index in [2.05, 4.69) is 57.2 Å². The average Bonchev–Trinajstić information content (AvgIpc) is 3.41. The summed E-state index contributed by atoms with van der Waals surface area (Å²) in [6.07, 6.45) is 79.4. The molecule has 0 saturated heterocycles. The zero-order valence-electron chi connectivity index (χ0n) is 50.6. The molecule has 0 aliphatic heterocycles. The summed E-state index contributed by atoms with van der Waals surface area (Å²) in [6, 6.07) is 0. The van der Waals surface area contributed by atoms with Gasteiger partial charge in [-0.1, -0.05) is 327 Å². The van der Waals surface area contributed by atoms with Gasteiger partial charge in [0.1, 0.15) is 13.2 Å². The number of carbonyl (C=O) groups excluding carboxylic acids is 3. The van der Waals surface area contributed by atoms with E-state index in [1.807, 2.05) is 0 Å². The van der Waals surface area contributed by atoms with E-state index in [-0.39, 0.29) is 31.1 Å². The SMILES string of the molecule is CCCCCCC/C=C\C/C=C\C/C=C\CCCCCCCCCCC(=O)OC(COC(=O)CCCCCCC)COC(=O)CCCCCCCCCCCCCCCCCCCCCCCCCCCCCCC. The maximum Gasteiger partial charge on any atom is 0.306 e. The van der Waals surface area contributed by atoms with Gasteiger partial charge in [0.2, 0.25) is 0 Å². The van der Waals surface area contributed by atoms with E-state index in [9.17, 15) is 14.4 Å². The second-order valence-electron chi connectivity index (χ2n) is 22.7. The molecule has 0 aromatic rings. The first-order valence-electron chi connectivity index (χ1n) is 33.5. The Balaban J connectivity index is 3.96. The van der Waals surface area contributed by atoms with Crippen LogP contribution in [0.4, 0.5) is 0 Å². The van der Waals surface area contributed by atoms with Gasteiger partial charge < -0.3 is 14.2 Å². The van der Waals surface area contributed by atoms with Crippen molar-refractivity contribution in [3.63, 3.8) is 0 Å². The first-order chi connectivity index (χ1) is 37.0. The van der Waals surface area contributed by atoms with Gasteiger partial charge in [0.05, 0.1) is 0 Å². The summed E-state index contributed by atoms with van der Waals surface area (Å²) in [5.41, 5.74) is 0. The lowest BCUT2D eigenvalue weighted by Gasteiger charge is -2.18. The van der Waals surface area contributed by atoms with Crippen molar-refractivity contribution in [3.8, 4) is 0 Å². The Kier molecular flexibility index (Phi) is 62.1. The van der Waals surface area contributed by atoms with Gasteiger partial charge in [-0.3, -0.25) is 14.4 Å². The van der Waals surface area contributed by atoms with E-state index in [1.54, 1.807) is 0 Å². The van der Waals surface area contributed by atoms with Gasteiger partial charge in [0.15, 0.2) is 6.10 Å². The van der Waals surface area contributed by atoms with E-state index >= 15 is 0 Å². The lowest BCUT2D eigenvalue weighted by Crippen LogP contribution is -2.30. The molecule has 1 unspecified atom stereocenters. The molecule has 0 radical (unpaired) electrons. The van der Waals surface area contributed by atoms with E-state index < -0.39 is 6.10 Å². The highest BCUT2D eigenvalue weighted by Crippen LogP contribution is 2.18. The van der Waals surface area contributed by atoms with Crippen LogP contribution in [0.25, 0.3) is 0 Å². The van der Waals surface area contributed by atoms with Gasteiger partial charge >= 0.3 is 17.9 Å². The zero-order valence-corrected chi connectivity index (χ0v) is 50.6. The van der Waals surface area contributed by atoms with Crippen LogP contribution in [-0.4, -0.2) is 37.2 Å². The second-order valence-corrected chi connectivity index (χ2v) is 22.7.